The summed E-state index contributed by atoms with van der Waals surface area (Å²) >= 11 is 0. The molecule has 5 N–H and O–H groups in total. The molecule has 1 heterocycles. The third-order valence-electron chi connectivity index (χ3n) is 2.03. The van der Waals surface area contributed by atoms with Crippen LogP contribution in [0.4, 0.5) is 0 Å². The molecule has 0 amide bonds. The van der Waals surface area contributed by atoms with Crippen LogP contribution in [-0.4, -0.2) is 22.2 Å². The molecule has 1 saturated carbocycles. The lowest BCUT2D eigenvalue weighted by atomic mass is 10.4. The van der Waals surface area contributed by atoms with Crippen molar-refractivity contribution in [3.8, 4) is 0 Å². The van der Waals surface area contributed by atoms with Gasteiger partial charge in [-0.3, -0.25) is 10.5 Å². The number of hydrogen-bond donors (Lipinski definition) is 4. The number of rotatable bonds is 3. The van der Waals surface area contributed by atoms with Crippen LogP contribution in [0.3, 0.4) is 0 Å². The molecule has 1 aliphatic carbocycles. The van der Waals surface area contributed by atoms with E-state index in [1.807, 2.05) is 6.20 Å². The van der Waals surface area contributed by atoms with Crippen LogP contribution in [0.15, 0.2) is 17.4 Å². The fourth-order valence-electron chi connectivity index (χ4n) is 1.09. The Balaban J connectivity index is 1.86. The van der Waals surface area contributed by atoms with E-state index in [4.69, 9.17) is 5.84 Å². The molecule has 0 aromatic carbocycles. The number of aliphatic imine (C=N–C) groups is 1. The molecular formula is C8H14N6. The molecule has 6 nitrogen and oxygen atoms in total. The fourth-order valence-corrected chi connectivity index (χ4v) is 1.09. The molecule has 2 rings (SSSR count). The second kappa shape index (κ2) is 4.10. The number of aromatic amines is 1. The smallest absolute Gasteiger partial charge is 0.206 e. The van der Waals surface area contributed by atoms with E-state index in [1.54, 1.807) is 6.20 Å². The van der Waals surface area contributed by atoms with Crippen LogP contribution in [0.1, 0.15) is 18.4 Å². The number of hydrazine groups is 1. The molecule has 1 aliphatic rings. The minimum Gasteiger partial charge on any atom is -0.353 e. The molecule has 1 aromatic heterocycles. The maximum Gasteiger partial charge on any atom is 0.206 e. The summed E-state index contributed by atoms with van der Waals surface area (Å²) in [5.41, 5.74) is 3.58. The zero-order valence-electron chi connectivity index (χ0n) is 7.83. The van der Waals surface area contributed by atoms with Crippen molar-refractivity contribution in [1.29, 1.82) is 0 Å². The van der Waals surface area contributed by atoms with E-state index >= 15 is 0 Å². The lowest BCUT2D eigenvalue weighted by Crippen LogP contribution is -2.42. The molecule has 14 heavy (non-hydrogen) atoms. The van der Waals surface area contributed by atoms with E-state index < -0.39 is 0 Å². The number of H-pyrrole nitrogens is 1. The Hall–Kier alpha value is -1.56. The lowest BCUT2D eigenvalue weighted by Gasteiger charge is -2.06. The van der Waals surface area contributed by atoms with E-state index in [2.05, 4.69) is 25.9 Å². The summed E-state index contributed by atoms with van der Waals surface area (Å²) in [6, 6.07) is 0.550. The molecule has 0 unspecified atom stereocenters. The van der Waals surface area contributed by atoms with Gasteiger partial charge in [-0.05, 0) is 12.8 Å². The first-order valence-corrected chi connectivity index (χ1v) is 4.64. The molecule has 0 spiro atoms. The van der Waals surface area contributed by atoms with Gasteiger partial charge in [0.15, 0.2) is 0 Å². The van der Waals surface area contributed by atoms with Crippen LogP contribution in [0.5, 0.6) is 0 Å². The second-order valence-corrected chi connectivity index (χ2v) is 3.33. The molecule has 0 aliphatic heterocycles. The summed E-state index contributed by atoms with van der Waals surface area (Å²) in [5.74, 6) is 5.97. The first-order valence-electron chi connectivity index (χ1n) is 4.64. The highest BCUT2D eigenvalue weighted by Gasteiger charge is 2.21. The minimum atomic E-state index is 0.550. The van der Waals surface area contributed by atoms with Crippen molar-refractivity contribution in [2.45, 2.75) is 25.4 Å². The Morgan fingerprint density at radius 1 is 1.71 bits per heavy atom. The standard InChI is InChI=1S/C8H14N6/c9-14-8(13-7-1-2-7)10-3-6-4-11-12-5-6/h4-5,7H,1-3,9H2,(H,11,12)(H2,10,13,14). The van der Waals surface area contributed by atoms with Crippen LogP contribution in [-0.2, 0) is 6.54 Å². The van der Waals surface area contributed by atoms with Gasteiger partial charge >= 0.3 is 0 Å². The van der Waals surface area contributed by atoms with E-state index in [1.165, 1.54) is 12.8 Å². The molecule has 1 aromatic rings. The molecule has 0 bridgehead atoms. The summed E-state index contributed by atoms with van der Waals surface area (Å²) in [5, 5.41) is 9.75. The van der Waals surface area contributed by atoms with Crippen molar-refractivity contribution in [2.75, 3.05) is 0 Å². The normalized spacial score (nSPS) is 16.8. The van der Waals surface area contributed by atoms with Crippen LogP contribution in [0.2, 0.25) is 0 Å². The predicted molar refractivity (Wildman–Crippen MR) is 53.2 cm³/mol. The topological polar surface area (TPSA) is 91.1 Å². The van der Waals surface area contributed by atoms with Crippen LogP contribution >= 0.6 is 0 Å². The first kappa shape index (κ1) is 9.01. The molecule has 76 valence electrons. The van der Waals surface area contributed by atoms with Crippen LogP contribution in [0.25, 0.3) is 0 Å². The van der Waals surface area contributed by atoms with E-state index in [0.29, 0.717) is 18.5 Å². The third kappa shape index (κ3) is 2.46. The monoisotopic (exact) mass is 194 g/mol. The van der Waals surface area contributed by atoms with E-state index in [0.717, 1.165) is 5.56 Å². The largest absolute Gasteiger partial charge is 0.353 e. The van der Waals surface area contributed by atoms with Gasteiger partial charge in [-0.1, -0.05) is 0 Å². The van der Waals surface area contributed by atoms with Crippen molar-refractivity contribution in [2.24, 2.45) is 10.8 Å². The number of guanidine groups is 1. The fraction of sp³-hybridized carbons (Fsp3) is 0.500. The van der Waals surface area contributed by atoms with Gasteiger partial charge in [0.25, 0.3) is 0 Å². The number of aromatic nitrogens is 2. The quantitative estimate of drug-likeness (QED) is 0.225. The number of hydrogen-bond acceptors (Lipinski definition) is 3. The molecule has 0 saturated heterocycles. The van der Waals surface area contributed by atoms with Gasteiger partial charge < -0.3 is 5.32 Å². The maximum atomic E-state index is 5.32. The summed E-state index contributed by atoms with van der Waals surface area (Å²) < 4.78 is 0. The highest BCUT2D eigenvalue weighted by Crippen LogP contribution is 2.18. The summed E-state index contributed by atoms with van der Waals surface area (Å²) in [7, 11) is 0. The zero-order chi connectivity index (χ0) is 9.80. The first-order chi connectivity index (χ1) is 6.88. The maximum absolute atomic E-state index is 5.32. The predicted octanol–water partition coefficient (Wildman–Crippen LogP) is -0.519. The summed E-state index contributed by atoms with van der Waals surface area (Å²) in [6.45, 7) is 0.579. The minimum absolute atomic E-state index is 0.550. The summed E-state index contributed by atoms with van der Waals surface area (Å²) in [4.78, 5) is 4.27. The number of nitrogens with zero attached hydrogens (tertiary/aromatic N) is 2. The van der Waals surface area contributed by atoms with Crippen molar-refractivity contribution in [3.05, 3.63) is 18.0 Å². The van der Waals surface area contributed by atoms with Crippen molar-refractivity contribution in [3.63, 3.8) is 0 Å². The Morgan fingerprint density at radius 2 is 2.57 bits per heavy atom. The highest BCUT2D eigenvalue weighted by molar-refractivity contribution is 5.79. The number of nitrogens with two attached hydrogens (primary N) is 1. The van der Waals surface area contributed by atoms with Crippen LogP contribution < -0.4 is 16.6 Å². The van der Waals surface area contributed by atoms with E-state index in [-0.39, 0.29) is 0 Å². The average molecular weight is 194 g/mol. The Morgan fingerprint density at radius 3 is 3.14 bits per heavy atom. The lowest BCUT2D eigenvalue weighted by molar-refractivity contribution is 0.821. The van der Waals surface area contributed by atoms with Gasteiger partial charge in [0.2, 0.25) is 5.96 Å². The van der Waals surface area contributed by atoms with Crippen molar-refractivity contribution < 1.29 is 0 Å². The Labute approximate surface area is 82.0 Å². The van der Waals surface area contributed by atoms with Gasteiger partial charge in [0, 0.05) is 17.8 Å². The zero-order valence-corrected chi connectivity index (χ0v) is 7.83. The highest BCUT2D eigenvalue weighted by atomic mass is 15.3. The molecular weight excluding hydrogens is 180 g/mol. The van der Waals surface area contributed by atoms with Crippen molar-refractivity contribution in [1.82, 2.24) is 20.9 Å². The van der Waals surface area contributed by atoms with Crippen LogP contribution in [0, 0.1) is 0 Å². The van der Waals surface area contributed by atoms with Gasteiger partial charge in [-0.15, -0.1) is 0 Å². The molecule has 0 radical (unpaired) electrons. The Kier molecular flexibility index (Phi) is 2.64. The van der Waals surface area contributed by atoms with Gasteiger partial charge in [-0.2, -0.15) is 5.10 Å². The Bertz CT molecular complexity index is 300. The summed E-state index contributed by atoms with van der Waals surface area (Å²) in [6.07, 6.45) is 5.96. The molecule has 1 fully saturated rings. The van der Waals surface area contributed by atoms with E-state index in [9.17, 15) is 0 Å². The second-order valence-electron chi connectivity index (χ2n) is 3.33. The molecule has 6 heteroatoms. The van der Waals surface area contributed by atoms with Crippen molar-refractivity contribution >= 4 is 5.96 Å². The van der Waals surface area contributed by atoms with Gasteiger partial charge in [0.05, 0.1) is 12.7 Å². The van der Waals surface area contributed by atoms with Gasteiger partial charge in [0.1, 0.15) is 0 Å². The average Bonchev–Trinajstić information content (AvgIpc) is 2.86. The SMILES string of the molecule is NNC(=NCc1cn[nH]c1)NC1CC1. The van der Waals surface area contributed by atoms with Gasteiger partial charge in [-0.25, -0.2) is 10.8 Å². The third-order valence-corrected chi connectivity index (χ3v) is 2.03. The molecule has 0 atom stereocenters. The number of nitrogens with one attached hydrogen (secondary N) is 3.